The quantitative estimate of drug-likeness (QED) is 0.694. The van der Waals surface area contributed by atoms with E-state index in [1.807, 2.05) is 36.7 Å². The van der Waals surface area contributed by atoms with Crippen LogP contribution in [-0.2, 0) is 20.8 Å². The summed E-state index contributed by atoms with van der Waals surface area (Å²) in [6.07, 6.45) is 3.32. The lowest BCUT2D eigenvalue weighted by Crippen LogP contribution is -2.46. The van der Waals surface area contributed by atoms with Gasteiger partial charge in [0.2, 0.25) is 11.9 Å². The van der Waals surface area contributed by atoms with Crippen LogP contribution in [-0.4, -0.2) is 71.4 Å². The van der Waals surface area contributed by atoms with Crippen molar-refractivity contribution in [2.75, 3.05) is 31.6 Å². The Kier molecular flexibility index (Phi) is 8.09. The van der Waals surface area contributed by atoms with Crippen molar-refractivity contribution in [1.29, 1.82) is 0 Å². The molecule has 1 aliphatic heterocycles. The van der Waals surface area contributed by atoms with Crippen LogP contribution in [0.2, 0.25) is 0 Å². The van der Waals surface area contributed by atoms with Crippen molar-refractivity contribution in [3.05, 3.63) is 42.2 Å². The molecule has 34 heavy (non-hydrogen) atoms. The van der Waals surface area contributed by atoms with Crippen LogP contribution in [0.5, 0.6) is 0 Å². The van der Waals surface area contributed by atoms with Gasteiger partial charge >= 0.3 is 6.09 Å². The first kappa shape index (κ1) is 25.4. The first-order valence-electron chi connectivity index (χ1n) is 11.5. The van der Waals surface area contributed by atoms with Gasteiger partial charge in [-0.25, -0.2) is 14.8 Å². The number of alkyl carbamates (subject to hydrolysis) is 1. The zero-order chi connectivity index (χ0) is 24.9. The zero-order valence-corrected chi connectivity index (χ0v) is 20.9. The molecular formula is C25H35N5O4. The summed E-state index contributed by atoms with van der Waals surface area (Å²) in [6, 6.07) is 7.91. The molecule has 1 aromatic carbocycles. The molecule has 0 bridgehead atoms. The Morgan fingerprint density at radius 2 is 1.79 bits per heavy atom. The number of amides is 2. The molecule has 184 valence electrons. The van der Waals surface area contributed by atoms with E-state index in [4.69, 9.17) is 9.47 Å². The summed E-state index contributed by atoms with van der Waals surface area (Å²) in [4.78, 5) is 37.1. The van der Waals surface area contributed by atoms with Crippen LogP contribution in [0.4, 0.5) is 10.7 Å². The van der Waals surface area contributed by atoms with Gasteiger partial charge in [0.1, 0.15) is 12.1 Å². The fourth-order valence-corrected chi connectivity index (χ4v) is 3.78. The number of carbonyl (C=O) groups excluding carboxylic acids is 2. The van der Waals surface area contributed by atoms with Gasteiger partial charge in [-0.2, -0.15) is 0 Å². The van der Waals surface area contributed by atoms with E-state index in [1.54, 1.807) is 32.7 Å². The molecule has 3 rings (SSSR count). The maximum absolute atomic E-state index is 12.4. The molecule has 1 aromatic heterocycles. The van der Waals surface area contributed by atoms with Gasteiger partial charge in [-0.1, -0.05) is 18.2 Å². The van der Waals surface area contributed by atoms with E-state index in [-0.39, 0.29) is 24.7 Å². The Morgan fingerprint density at radius 3 is 2.41 bits per heavy atom. The van der Waals surface area contributed by atoms with E-state index in [0.717, 1.165) is 29.8 Å². The molecule has 1 fully saturated rings. The second kappa shape index (κ2) is 10.8. The molecule has 1 N–H and O–H groups in total. The lowest BCUT2D eigenvalue weighted by Gasteiger charge is -2.35. The number of hydrogen-bond acceptors (Lipinski definition) is 7. The van der Waals surface area contributed by atoms with Crippen molar-refractivity contribution in [3.63, 3.8) is 0 Å². The SMILES string of the molecule is C[C@@H]1CN(c2ncc(-c3cccc(CN(C)C(=O)CNC(=O)OC(C)(C)C)c3)cn2)C[C@H](C)O1. The third kappa shape index (κ3) is 7.41. The highest BCUT2D eigenvalue weighted by Gasteiger charge is 2.24. The van der Waals surface area contributed by atoms with Gasteiger partial charge in [0.25, 0.3) is 0 Å². The van der Waals surface area contributed by atoms with Crippen molar-refractivity contribution >= 4 is 17.9 Å². The molecule has 9 heteroatoms. The van der Waals surface area contributed by atoms with Crippen LogP contribution in [0, 0.1) is 0 Å². The number of anilines is 1. The van der Waals surface area contributed by atoms with Gasteiger partial charge in [-0.15, -0.1) is 0 Å². The maximum atomic E-state index is 12.4. The van der Waals surface area contributed by atoms with Gasteiger partial charge < -0.3 is 24.6 Å². The molecule has 1 saturated heterocycles. The molecule has 9 nitrogen and oxygen atoms in total. The van der Waals surface area contributed by atoms with Gasteiger partial charge in [0.15, 0.2) is 0 Å². The van der Waals surface area contributed by atoms with E-state index < -0.39 is 11.7 Å². The van der Waals surface area contributed by atoms with Gasteiger partial charge in [0.05, 0.1) is 12.2 Å². The molecule has 0 spiro atoms. The van der Waals surface area contributed by atoms with E-state index >= 15 is 0 Å². The first-order valence-corrected chi connectivity index (χ1v) is 11.5. The van der Waals surface area contributed by atoms with Crippen LogP contribution >= 0.6 is 0 Å². The third-order valence-corrected chi connectivity index (χ3v) is 5.23. The molecule has 0 aliphatic carbocycles. The number of hydrogen-bond donors (Lipinski definition) is 1. The van der Waals surface area contributed by atoms with Crippen LogP contribution in [0.1, 0.15) is 40.2 Å². The van der Waals surface area contributed by atoms with E-state index in [1.165, 1.54) is 0 Å². The van der Waals surface area contributed by atoms with Crippen LogP contribution < -0.4 is 10.2 Å². The molecule has 0 saturated carbocycles. The van der Waals surface area contributed by atoms with Crippen LogP contribution in [0.3, 0.4) is 0 Å². The normalized spacial score (nSPS) is 18.4. The predicted molar refractivity (Wildman–Crippen MR) is 130 cm³/mol. The second-order valence-corrected chi connectivity index (χ2v) is 9.74. The fraction of sp³-hybridized carbons (Fsp3) is 0.520. The lowest BCUT2D eigenvalue weighted by molar-refractivity contribution is -0.129. The smallest absolute Gasteiger partial charge is 0.408 e. The largest absolute Gasteiger partial charge is 0.444 e. The van der Waals surface area contributed by atoms with E-state index in [2.05, 4.69) is 34.0 Å². The fourth-order valence-electron chi connectivity index (χ4n) is 3.78. The Bertz CT molecular complexity index is 980. The van der Waals surface area contributed by atoms with Crippen LogP contribution in [0.25, 0.3) is 11.1 Å². The number of nitrogens with zero attached hydrogens (tertiary/aromatic N) is 4. The van der Waals surface area contributed by atoms with E-state index in [9.17, 15) is 9.59 Å². The summed E-state index contributed by atoms with van der Waals surface area (Å²) in [7, 11) is 1.70. The highest BCUT2D eigenvalue weighted by molar-refractivity contribution is 5.82. The lowest BCUT2D eigenvalue weighted by atomic mass is 10.1. The summed E-state index contributed by atoms with van der Waals surface area (Å²) in [5.74, 6) is 0.489. The van der Waals surface area contributed by atoms with Crippen LogP contribution in [0.15, 0.2) is 36.7 Å². The van der Waals surface area contributed by atoms with Crippen molar-refractivity contribution < 1.29 is 19.1 Å². The maximum Gasteiger partial charge on any atom is 0.408 e. The molecule has 2 heterocycles. The molecule has 0 radical (unpaired) electrons. The van der Waals surface area contributed by atoms with E-state index in [0.29, 0.717) is 12.5 Å². The monoisotopic (exact) mass is 469 g/mol. The zero-order valence-electron chi connectivity index (χ0n) is 20.9. The topological polar surface area (TPSA) is 96.9 Å². The van der Waals surface area contributed by atoms with Crippen molar-refractivity contribution in [2.24, 2.45) is 0 Å². The Morgan fingerprint density at radius 1 is 1.15 bits per heavy atom. The summed E-state index contributed by atoms with van der Waals surface area (Å²) >= 11 is 0. The van der Waals surface area contributed by atoms with Gasteiger partial charge in [-0.05, 0) is 51.8 Å². The standard InChI is InChI=1S/C25H35N5O4/c1-17-14-30(15-18(2)33-17)23-26-11-21(12-27-23)20-9-7-8-19(10-20)16-29(6)22(31)13-28-24(32)34-25(3,4)5/h7-12,17-18H,13-16H2,1-6H3,(H,28,32)/t17-,18+. The summed E-state index contributed by atoms with van der Waals surface area (Å²) in [6.45, 7) is 11.2. The molecule has 0 unspecified atom stereocenters. The Labute approximate surface area is 201 Å². The Balaban J connectivity index is 1.59. The molecule has 2 atom stereocenters. The second-order valence-electron chi connectivity index (χ2n) is 9.74. The number of benzene rings is 1. The summed E-state index contributed by atoms with van der Waals surface area (Å²) in [5.41, 5.74) is 2.23. The minimum Gasteiger partial charge on any atom is -0.444 e. The van der Waals surface area contributed by atoms with Gasteiger partial charge in [0, 0.05) is 44.6 Å². The number of nitrogens with one attached hydrogen (secondary N) is 1. The average molecular weight is 470 g/mol. The third-order valence-electron chi connectivity index (χ3n) is 5.23. The molecule has 2 amide bonds. The number of rotatable bonds is 6. The minimum absolute atomic E-state index is 0.126. The highest BCUT2D eigenvalue weighted by atomic mass is 16.6. The summed E-state index contributed by atoms with van der Waals surface area (Å²) in [5, 5.41) is 2.50. The van der Waals surface area contributed by atoms with Gasteiger partial charge in [-0.3, -0.25) is 4.79 Å². The van der Waals surface area contributed by atoms with Crippen molar-refractivity contribution in [3.8, 4) is 11.1 Å². The molecular weight excluding hydrogens is 434 g/mol. The minimum atomic E-state index is -0.611. The number of carbonyl (C=O) groups is 2. The summed E-state index contributed by atoms with van der Waals surface area (Å²) < 4.78 is 11.0. The predicted octanol–water partition coefficient (Wildman–Crippen LogP) is 3.24. The Hall–Kier alpha value is -3.20. The number of aromatic nitrogens is 2. The van der Waals surface area contributed by atoms with Crippen molar-refractivity contribution in [1.82, 2.24) is 20.2 Å². The average Bonchev–Trinajstić information content (AvgIpc) is 2.76. The molecule has 2 aromatic rings. The highest BCUT2D eigenvalue weighted by Crippen LogP contribution is 2.22. The first-order chi connectivity index (χ1) is 16.0. The van der Waals surface area contributed by atoms with Crippen molar-refractivity contribution in [2.45, 2.75) is 59.0 Å². The number of ether oxygens (including phenoxy) is 2. The number of likely N-dealkylation sites (N-methyl/N-ethyl adjacent to an activating group) is 1. The molecule has 1 aliphatic rings. The number of morpholine rings is 1.